The van der Waals surface area contributed by atoms with Crippen LogP contribution in [0.5, 0.6) is 0 Å². The first kappa shape index (κ1) is 17.8. The van der Waals surface area contributed by atoms with Crippen molar-refractivity contribution in [1.29, 1.82) is 0 Å². The van der Waals surface area contributed by atoms with Crippen molar-refractivity contribution < 1.29 is 4.79 Å². The summed E-state index contributed by atoms with van der Waals surface area (Å²) in [5.41, 5.74) is 1.15. The average Bonchev–Trinajstić information content (AvgIpc) is 3.01. The number of aromatic nitrogens is 3. The van der Waals surface area contributed by atoms with Gasteiger partial charge in [-0.3, -0.25) is 9.59 Å². The maximum absolute atomic E-state index is 13.2. The molecule has 0 spiro atoms. The lowest BCUT2D eigenvalue weighted by molar-refractivity contribution is -0.125. The van der Waals surface area contributed by atoms with Gasteiger partial charge in [0.05, 0.1) is 11.7 Å². The molecule has 142 valence electrons. The molecule has 1 saturated carbocycles. The largest absolute Gasteiger partial charge is 0.352 e. The van der Waals surface area contributed by atoms with Gasteiger partial charge in [-0.25, -0.2) is 5.10 Å². The molecule has 1 atom stereocenters. The summed E-state index contributed by atoms with van der Waals surface area (Å²) in [7, 11) is 0. The maximum atomic E-state index is 13.2. The summed E-state index contributed by atoms with van der Waals surface area (Å²) in [6, 6.07) is 7.63. The highest BCUT2D eigenvalue weighted by molar-refractivity contribution is 6.08. The molecule has 1 aliphatic carbocycles. The third kappa shape index (κ3) is 3.13. The Bertz CT molecular complexity index is 1030. The van der Waals surface area contributed by atoms with Crippen molar-refractivity contribution in [3.05, 3.63) is 40.8 Å². The number of nitrogens with one attached hydrogen (secondary N) is 2. The van der Waals surface area contributed by atoms with E-state index in [0.717, 1.165) is 47.9 Å². The lowest BCUT2D eigenvalue weighted by Gasteiger charge is -2.29. The molecule has 4 rings (SSSR count). The van der Waals surface area contributed by atoms with E-state index in [2.05, 4.69) is 22.4 Å². The number of H-pyrrole nitrogens is 1. The van der Waals surface area contributed by atoms with Gasteiger partial charge in [-0.1, -0.05) is 32.0 Å². The van der Waals surface area contributed by atoms with Crippen LogP contribution in [0.3, 0.4) is 0 Å². The number of hydrogen-bond donors (Lipinski definition) is 2. The van der Waals surface area contributed by atoms with Crippen molar-refractivity contribution >= 4 is 27.7 Å². The summed E-state index contributed by atoms with van der Waals surface area (Å²) < 4.78 is 1.89. The number of rotatable bonds is 4. The molecule has 2 heterocycles. The Hall–Kier alpha value is -2.63. The number of benzene rings is 1. The van der Waals surface area contributed by atoms with E-state index >= 15 is 0 Å². The number of carbonyl (C=O) groups is 1. The second kappa shape index (κ2) is 7.18. The number of aromatic amines is 1. The van der Waals surface area contributed by atoms with Gasteiger partial charge in [0.25, 0.3) is 5.56 Å². The normalized spacial score (nSPS) is 21.4. The maximum Gasteiger partial charge on any atom is 0.288 e. The van der Waals surface area contributed by atoms with Gasteiger partial charge in [0.15, 0.2) is 0 Å². The molecule has 2 N–H and O–H groups in total. The van der Waals surface area contributed by atoms with E-state index in [9.17, 15) is 9.59 Å². The molecular formula is C21H26N4O2. The zero-order chi connectivity index (χ0) is 19.0. The van der Waals surface area contributed by atoms with Crippen molar-refractivity contribution in [1.82, 2.24) is 20.1 Å². The number of para-hydroxylation sites is 1. The standard InChI is InChI=1S/C21H26N4O2/c1-3-17(20(26)23-14-10-8-13(2)9-11-14)25-18-7-5-4-6-15(18)16-12-22-24-21(27)19(16)25/h4-7,12-14,17H,3,8-11H2,1-2H3,(H,23,26)(H,24,27)/t13?,14?,17-/m0/s1. The van der Waals surface area contributed by atoms with E-state index < -0.39 is 6.04 Å². The van der Waals surface area contributed by atoms with Gasteiger partial charge in [-0.05, 0) is 44.1 Å². The molecule has 3 aromatic rings. The summed E-state index contributed by atoms with van der Waals surface area (Å²) in [6.45, 7) is 4.26. The molecule has 2 aromatic heterocycles. The minimum Gasteiger partial charge on any atom is -0.352 e. The van der Waals surface area contributed by atoms with Crippen LogP contribution >= 0.6 is 0 Å². The van der Waals surface area contributed by atoms with Gasteiger partial charge >= 0.3 is 0 Å². The number of hydrogen-bond acceptors (Lipinski definition) is 3. The molecule has 1 aliphatic rings. The fourth-order valence-corrected chi connectivity index (χ4v) is 4.37. The van der Waals surface area contributed by atoms with Gasteiger partial charge in [-0.15, -0.1) is 0 Å². The van der Waals surface area contributed by atoms with Crippen LogP contribution in [0.15, 0.2) is 35.3 Å². The average molecular weight is 366 g/mol. The smallest absolute Gasteiger partial charge is 0.288 e. The highest BCUT2D eigenvalue weighted by Gasteiger charge is 2.27. The first-order valence-corrected chi connectivity index (χ1v) is 9.86. The predicted octanol–water partition coefficient (Wildman–Crippen LogP) is 3.52. The van der Waals surface area contributed by atoms with Crippen LogP contribution in [0.1, 0.15) is 52.0 Å². The van der Waals surface area contributed by atoms with Crippen molar-refractivity contribution in [3.63, 3.8) is 0 Å². The van der Waals surface area contributed by atoms with Crippen molar-refractivity contribution in [2.75, 3.05) is 0 Å². The predicted molar refractivity (Wildman–Crippen MR) is 107 cm³/mol. The van der Waals surface area contributed by atoms with E-state index in [1.807, 2.05) is 35.8 Å². The van der Waals surface area contributed by atoms with Crippen LogP contribution in [-0.4, -0.2) is 26.7 Å². The molecule has 1 fully saturated rings. The fourth-order valence-electron chi connectivity index (χ4n) is 4.37. The molecule has 0 bridgehead atoms. The van der Waals surface area contributed by atoms with E-state index in [1.165, 1.54) is 0 Å². The molecule has 1 amide bonds. The molecule has 27 heavy (non-hydrogen) atoms. The Morgan fingerprint density at radius 1 is 1.26 bits per heavy atom. The molecular weight excluding hydrogens is 340 g/mol. The van der Waals surface area contributed by atoms with Gasteiger partial charge in [0.2, 0.25) is 5.91 Å². The highest BCUT2D eigenvalue weighted by Crippen LogP contribution is 2.31. The second-order valence-corrected chi connectivity index (χ2v) is 7.74. The summed E-state index contributed by atoms with van der Waals surface area (Å²) in [5, 5.41) is 11.4. The number of amides is 1. The van der Waals surface area contributed by atoms with E-state index in [-0.39, 0.29) is 17.5 Å². The van der Waals surface area contributed by atoms with E-state index in [0.29, 0.717) is 11.9 Å². The lowest BCUT2D eigenvalue weighted by Crippen LogP contribution is -2.41. The van der Waals surface area contributed by atoms with Crippen LogP contribution in [0, 0.1) is 5.92 Å². The zero-order valence-corrected chi connectivity index (χ0v) is 15.9. The SMILES string of the molecule is CC[C@@H](C(=O)NC1CCC(C)CC1)n1c2ccccc2c2cn[nH]c(=O)c21. The monoisotopic (exact) mass is 366 g/mol. The minimum atomic E-state index is -0.421. The summed E-state index contributed by atoms with van der Waals surface area (Å²) in [4.78, 5) is 25.7. The quantitative estimate of drug-likeness (QED) is 0.741. The number of nitrogens with zero attached hydrogens (tertiary/aromatic N) is 2. The molecule has 0 radical (unpaired) electrons. The topological polar surface area (TPSA) is 79.8 Å². The van der Waals surface area contributed by atoms with Crippen molar-refractivity contribution in [2.24, 2.45) is 5.92 Å². The van der Waals surface area contributed by atoms with Gasteiger partial charge in [0, 0.05) is 16.8 Å². The van der Waals surface area contributed by atoms with E-state index in [4.69, 9.17) is 0 Å². The summed E-state index contributed by atoms with van der Waals surface area (Å²) in [5.74, 6) is 0.736. The third-order valence-corrected chi connectivity index (χ3v) is 5.89. The zero-order valence-electron chi connectivity index (χ0n) is 15.9. The summed E-state index contributed by atoms with van der Waals surface area (Å²) in [6.07, 6.45) is 6.65. The van der Waals surface area contributed by atoms with Gasteiger partial charge in [-0.2, -0.15) is 5.10 Å². The third-order valence-electron chi connectivity index (χ3n) is 5.89. The van der Waals surface area contributed by atoms with Crippen LogP contribution in [-0.2, 0) is 4.79 Å². The van der Waals surface area contributed by atoms with Crippen LogP contribution < -0.4 is 10.9 Å². The van der Waals surface area contributed by atoms with Crippen LogP contribution in [0.25, 0.3) is 21.8 Å². The molecule has 0 aliphatic heterocycles. The first-order valence-electron chi connectivity index (χ1n) is 9.86. The van der Waals surface area contributed by atoms with Crippen LogP contribution in [0.2, 0.25) is 0 Å². The molecule has 0 unspecified atom stereocenters. The molecule has 1 aromatic carbocycles. The highest BCUT2D eigenvalue weighted by atomic mass is 16.2. The summed E-state index contributed by atoms with van der Waals surface area (Å²) >= 11 is 0. The Morgan fingerprint density at radius 3 is 2.74 bits per heavy atom. The number of carbonyl (C=O) groups excluding carboxylic acids is 1. The van der Waals surface area contributed by atoms with Crippen molar-refractivity contribution in [2.45, 2.75) is 58.0 Å². The Labute approximate surface area is 158 Å². The minimum absolute atomic E-state index is 0.00378. The Morgan fingerprint density at radius 2 is 2.00 bits per heavy atom. The van der Waals surface area contributed by atoms with Crippen LogP contribution in [0.4, 0.5) is 0 Å². The van der Waals surface area contributed by atoms with E-state index in [1.54, 1.807) is 6.20 Å². The molecule has 6 heteroatoms. The molecule has 6 nitrogen and oxygen atoms in total. The van der Waals surface area contributed by atoms with Crippen molar-refractivity contribution in [3.8, 4) is 0 Å². The number of fused-ring (bicyclic) bond motifs is 3. The second-order valence-electron chi connectivity index (χ2n) is 7.74. The van der Waals surface area contributed by atoms with Gasteiger partial charge < -0.3 is 9.88 Å². The first-order chi connectivity index (χ1) is 13.1. The molecule has 0 saturated heterocycles. The fraction of sp³-hybridized carbons (Fsp3) is 0.476. The lowest BCUT2D eigenvalue weighted by atomic mass is 9.87. The Balaban J connectivity index is 1.76. The van der Waals surface area contributed by atoms with Gasteiger partial charge in [0.1, 0.15) is 11.6 Å². The Kier molecular flexibility index (Phi) is 4.72.